The Labute approximate surface area is 245 Å². The van der Waals surface area contributed by atoms with Crippen molar-refractivity contribution in [1.29, 1.82) is 0 Å². The van der Waals surface area contributed by atoms with Crippen LogP contribution in [0.15, 0.2) is 83.9 Å². The van der Waals surface area contributed by atoms with Crippen molar-refractivity contribution < 1.29 is 41.0 Å². The van der Waals surface area contributed by atoms with Gasteiger partial charge in [-0.1, -0.05) is 30.3 Å². The van der Waals surface area contributed by atoms with Crippen molar-refractivity contribution in [3.8, 4) is 0 Å². The van der Waals surface area contributed by atoms with Gasteiger partial charge in [-0.3, -0.25) is 9.53 Å². The maximum Gasteiger partial charge on any atom is 0.346 e. The summed E-state index contributed by atoms with van der Waals surface area (Å²) in [6, 6.07) is 17.7. The van der Waals surface area contributed by atoms with Crippen LogP contribution in [0.4, 0.5) is 14.5 Å². The van der Waals surface area contributed by atoms with Gasteiger partial charge in [-0.25, -0.2) is 13.2 Å². The SMILES string of the molecule is O=C(OCC(OC(F)F)(c1ccccc1)c1cccc[n+]1[O-])C1SCCN1S(=O)(=O)c1ccc(N2CCCC2=O)cc1. The van der Waals surface area contributed by atoms with Crippen LogP contribution in [0.1, 0.15) is 24.1 Å². The number of amides is 1. The Morgan fingerprint density at radius 3 is 2.43 bits per heavy atom. The van der Waals surface area contributed by atoms with Crippen LogP contribution in [-0.2, 0) is 34.7 Å². The zero-order chi connectivity index (χ0) is 29.9. The van der Waals surface area contributed by atoms with Crippen LogP contribution in [0, 0.1) is 5.21 Å². The number of ether oxygens (including phenoxy) is 2. The molecule has 0 radical (unpaired) electrons. The molecule has 1 amide bonds. The van der Waals surface area contributed by atoms with E-state index in [2.05, 4.69) is 0 Å². The summed E-state index contributed by atoms with van der Waals surface area (Å²) < 4.78 is 66.6. The summed E-state index contributed by atoms with van der Waals surface area (Å²) in [6.45, 7) is -3.61. The smallest absolute Gasteiger partial charge is 0.346 e. The maximum absolute atomic E-state index is 13.8. The van der Waals surface area contributed by atoms with Crippen LogP contribution in [0.25, 0.3) is 0 Å². The van der Waals surface area contributed by atoms with Crippen molar-refractivity contribution in [3.63, 3.8) is 0 Å². The molecule has 2 aliphatic heterocycles. The molecule has 2 fully saturated rings. The molecular weight excluding hydrogens is 592 g/mol. The molecule has 0 spiro atoms. The van der Waals surface area contributed by atoms with Crippen molar-refractivity contribution in [3.05, 3.63) is 95.5 Å². The number of pyridine rings is 1. The Morgan fingerprint density at radius 1 is 1.07 bits per heavy atom. The van der Waals surface area contributed by atoms with E-state index in [9.17, 15) is 32.0 Å². The Bertz CT molecular complexity index is 1540. The van der Waals surface area contributed by atoms with Gasteiger partial charge in [-0.2, -0.15) is 17.8 Å². The fourth-order valence-electron chi connectivity index (χ4n) is 5.05. The Morgan fingerprint density at radius 2 is 1.79 bits per heavy atom. The van der Waals surface area contributed by atoms with Crippen molar-refractivity contribution in [1.82, 2.24) is 4.31 Å². The standard InChI is InChI=1S/C28H27F2N3O7S2/c29-27(30)40-28(20-7-2-1-3-8-20,23-9-4-5-16-32(23)36)19-39-26(35)25-33(17-18-41-25)42(37,38)22-13-11-21(12-14-22)31-15-6-10-24(31)34/h1-5,7-9,11-14,16,25,27H,6,10,15,17-19H2. The fourth-order valence-corrected chi connectivity index (χ4v) is 8.11. The van der Waals surface area contributed by atoms with Gasteiger partial charge in [0.1, 0.15) is 6.61 Å². The number of alkyl halides is 2. The number of rotatable bonds is 10. The van der Waals surface area contributed by atoms with Gasteiger partial charge >= 0.3 is 12.6 Å². The highest BCUT2D eigenvalue weighted by Crippen LogP contribution is 2.36. The number of anilines is 1. The average molecular weight is 620 g/mol. The van der Waals surface area contributed by atoms with Crippen molar-refractivity contribution in [2.45, 2.75) is 35.3 Å². The first kappa shape index (κ1) is 29.9. The molecule has 0 N–H and O–H groups in total. The first-order valence-corrected chi connectivity index (χ1v) is 15.5. The van der Waals surface area contributed by atoms with Crippen LogP contribution in [0.2, 0.25) is 0 Å². The van der Waals surface area contributed by atoms with E-state index in [1.807, 2.05) is 0 Å². The van der Waals surface area contributed by atoms with Crippen LogP contribution >= 0.6 is 11.8 Å². The van der Waals surface area contributed by atoms with Gasteiger partial charge in [0.05, 0.1) is 4.90 Å². The van der Waals surface area contributed by atoms with E-state index < -0.39 is 40.2 Å². The van der Waals surface area contributed by atoms with E-state index in [1.165, 1.54) is 42.5 Å². The minimum Gasteiger partial charge on any atom is -0.618 e. The molecule has 14 heteroatoms. The summed E-state index contributed by atoms with van der Waals surface area (Å²) >= 11 is 1.03. The van der Waals surface area contributed by atoms with E-state index in [0.717, 1.165) is 28.7 Å². The highest BCUT2D eigenvalue weighted by atomic mass is 32.2. The largest absolute Gasteiger partial charge is 0.618 e. The normalized spacial score (nSPS) is 19.3. The molecule has 0 aliphatic carbocycles. The molecule has 2 saturated heterocycles. The zero-order valence-electron chi connectivity index (χ0n) is 22.2. The van der Waals surface area contributed by atoms with Crippen LogP contribution in [0.5, 0.6) is 0 Å². The van der Waals surface area contributed by atoms with Gasteiger partial charge in [0.25, 0.3) is 0 Å². The molecule has 3 heterocycles. The van der Waals surface area contributed by atoms with Crippen molar-refractivity contribution >= 4 is 39.3 Å². The second kappa shape index (κ2) is 12.3. The first-order valence-electron chi connectivity index (χ1n) is 13.0. The number of thioether (sulfide) groups is 1. The second-order valence-electron chi connectivity index (χ2n) is 9.57. The molecule has 2 unspecified atom stereocenters. The number of halogens is 2. The van der Waals surface area contributed by atoms with Crippen molar-refractivity contribution in [2.75, 3.05) is 30.3 Å². The first-order chi connectivity index (χ1) is 20.1. The Balaban J connectivity index is 1.40. The van der Waals surface area contributed by atoms with Gasteiger partial charge in [0.15, 0.2) is 11.6 Å². The summed E-state index contributed by atoms with van der Waals surface area (Å²) in [5.74, 6) is -0.743. The highest BCUT2D eigenvalue weighted by molar-refractivity contribution is 8.02. The second-order valence-corrected chi connectivity index (χ2v) is 12.7. The summed E-state index contributed by atoms with van der Waals surface area (Å²) in [4.78, 5) is 26.9. The molecule has 5 rings (SSSR count). The Hall–Kier alpha value is -3.59. The lowest BCUT2D eigenvalue weighted by Gasteiger charge is -2.32. The summed E-state index contributed by atoms with van der Waals surface area (Å²) in [6.07, 6.45) is 2.26. The number of aromatic nitrogens is 1. The van der Waals surface area contributed by atoms with E-state index >= 15 is 0 Å². The lowest BCUT2D eigenvalue weighted by molar-refractivity contribution is -0.623. The quantitative estimate of drug-likeness (QED) is 0.193. The molecule has 1 aromatic heterocycles. The van der Waals surface area contributed by atoms with Gasteiger partial charge in [0, 0.05) is 43.1 Å². The molecule has 2 aromatic carbocycles. The minimum absolute atomic E-state index is 0.00966. The van der Waals surface area contributed by atoms with Gasteiger partial charge in [-0.05, 0) is 42.3 Å². The minimum atomic E-state index is -4.17. The van der Waals surface area contributed by atoms with E-state index in [-0.39, 0.29) is 34.4 Å². The number of sulfonamides is 1. The molecule has 222 valence electrons. The number of esters is 1. The maximum atomic E-state index is 13.8. The molecule has 3 aromatic rings. The van der Waals surface area contributed by atoms with Crippen LogP contribution in [-0.4, -0.2) is 62.0 Å². The third kappa shape index (κ3) is 5.84. The molecule has 2 atom stereocenters. The number of nitrogens with zero attached hydrogens (tertiary/aromatic N) is 3. The third-order valence-electron chi connectivity index (χ3n) is 7.06. The molecule has 0 saturated carbocycles. The predicted octanol–water partition coefficient (Wildman–Crippen LogP) is 3.24. The van der Waals surface area contributed by atoms with Crippen molar-refractivity contribution in [2.24, 2.45) is 0 Å². The van der Waals surface area contributed by atoms with Gasteiger partial charge < -0.3 is 14.8 Å². The fraction of sp³-hybridized carbons (Fsp3) is 0.321. The lowest BCUT2D eigenvalue weighted by Crippen LogP contribution is -2.49. The molecule has 2 aliphatic rings. The average Bonchev–Trinajstić information content (AvgIpc) is 3.66. The van der Waals surface area contributed by atoms with E-state index in [4.69, 9.17) is 9.47 Å². The van der Waals surface area contributed by atoms with E-state index in [0.29, 0.717) is 23.4 Å². The number of hydrogen-bond acceptors (Lipinski definition) is 8. The van der Waals surface area contributed by atoms with E-state index in [1.54, 1.807) is 35.2 Å². The van der Waals surface area contributed by atoms with Crippen LogP contribution in [0.3, 0.4) is 0 Å². The monoisotopic (exact) mass is 619 g/mol. The summed E-state index contributed by atoms with van der Waals surface area (Å²) in [5, 5.41) is 11.4. The predicted molar refractivity (Wildman–Crippen MR) is 149 cm³/mol. The number of carbonyl (C=O) groups is 2. The molecule has 0 bridgehead atoms. The van der Waals surface area contributed by atoms with Gasteiger partial charge in [0.2, 0.25) is 27.2 Å². The number of carbonyl (C=O) groups excluding carboxylic acids is 2. The third-order valence-corrected chi connectivity index (χ3v) is 10.3. The summed E-state index contributed by atoms with van der Waals surface area (Å²) in [7, 11) is -4.17. The topological polar surface area (TPSA) is 120 Å². The number of benzene rings is 2. The summed E-state index contributed by atoms with van der Waals surface area (Å²) in [5.41, 5.74) is -1.72. The highest BCUT2D eigenvalue weighted by Gasteiger charge is 2.48. The lowest BCUT2D eigenvalue weighted by atomic mass is 9.90. The zero-order valence-corrected chi connectivity index (χ0v) is 23.8. The van der Waals surface area contributed by atoms with Gasteiger partial charge in [-0.15, -0.1) is 11.8 Å². The van der Waals surface area contributed by atoms with Crippen LogP contribution < -0.4 is 9.63 Å². The molecular formula is C28H27F2N3O7S2. The Kier molecular flexibility index (Phi) is 8.78. The number of hydrogen-bond donors (Lipinski definition) is 0. The molecule has 42 heavy (non-hydrogen) atoms. The molecule has 10 nitrogen and oxygen atoms in total.